The van der Waals surface area contributed by atoms with Gasteiger partial charge in [0.1, 0.15) is 17.1 Å². The van der Waals surface area contributed by atoms with Gasteiger partial charge in [-0.25, -0.2) is 5.84 Å². The molecule has 1 unspecified atom stereocenters. The number of H-pyrrole nitrogens is 1. The van der Waals surface area contributed by atoms with Gasteiger partial charge in [-0.15, -0.1) is 0 Å². The van der Waals surface area contributed by atoms with Crippen LogP contribution in [0, 0.1) is 5.41 Å². The van der Waals surface area contributed by atoms with Crippen LogP contribution in [0.3, 0.4) is 0 Å². The van der Waals surface area contributed by atoms with E-state index in [0.29, 0.717) is 5.56 Å². The second-order valence-electron chi connectivity index (χ2n) is 12.5. The lowest BCUT2D eigenvalue weighted by Gasteiger charge is -2.41. The van der Waals surface area contributed by atoms with Gasteiger partial charge in [-0.2, -0.15) is 0 Å². The van der Waals surface area contributed by atoms with Crippen LogP contribution < -0.4 is 5.84 Å². The molecule has 1 fully saturated rings. The molecule has 0 aliphatic carbocycles. The molecule has 1 aliphatic heterocycles. The van der Waals surface area contributed by atoms with E-state index in [1.807, 2.05) is 30.3 Å². The largest absolute Gasteiger partial charge is 0.481 e. The van der Waals surface area contributed by atoms with Crippen LogP contribution in [0.4, 0.5) is 0 Å². The van der Waals surface area contributed by atoms with Crippen LogP contribution in [0.15, 0.2) is 60.8 Å². The third-order valence-corrected chi connectivity index (χ3v) is 8.05. The van der Waals surface area contributed by atoms with Crippen molar-refractivity contribution in [2.75, 3.05) is 13.1 Å². The van der Waals surface area contributed by atoms with Gasteiger partial charge in [0.15, 0.2) is 0 Å². The molecule has 0 spiro atoms. The summed E-state index contributed by atoms with van der Waals surface area (Å²) in [5, 5.41) is 11.9. The monoisotopic (exact) mass is 576 g/mol. The van der Waals surface area contributed by atoms with E-state index in [0.717, 1.165) is 21.5 Å². The molecule has 2 heterocycles. The van der Waals surface area contributed by atoms with Gasteiger partial charge < -0.3 is 19.7 Å². The number of piperidine rings is 1. The van der Waals surface area contributed by atoms with Gasteiger partial charge in [-0.05, 0) is 64.7 Å². The number of fused-ring (bicyclic) bond motifs is 1. The number of hydrazine groups is 1. The third kappa shape index (κ3) is 6.04. The highest BCUT2D eigenvalue weighted by Gasteiger charge is 2.48. The Hall–Kier alpha value is -4.18. The summed E-state index contributed by atoms with van der Waals surface area (Å²) in [7, 11) is 0. The van der Waals surface area contributed by atoms with E-state index in [-0.39, 0.29) is 32.4 Å². The number of aromatic nitrogens is 1. The molecule has 0 radical (unpaired) electrons. The van der Waals surface area contributed by atoms with E-state index in [1.54, 1.807) is 56.1 Å². The first-order valence-corrected chi connectivity index (χ1v) is 14.1. The zero-order valence-electron chi connectivity index (χ0n) is 24.8. The van der Waals surface area contributed by atoms with Gasteiger partial charge in [0.25, 0.3) is 5.91 Å². The Kier molecular flexibility index (Phi) is 8.50. The molecule has 4 rings (SSSR count). The average Bonchev–Trinajstić information content (AvgIpc) is 3.37. The highest BCUT2D eigenvalue weighted by molar-refractivity contribution is 6.03. The average molecular weight is 577 g/mol. The second kappa shape index (κ2) is 11.6. The number of para-hydroxylation sites is 1. The van der Waals surface area contributed by atoms with Crippen LogP contribution >= 0.6 is 0 Å². The predicted molar refractivity (Wildman–Crippen MR) is 158 cm³/mol. The summed E-state index contributed by atoms with van der Waals surface area (Å²) in [6.07, 6.45) is 2.29. The van der Waals surface area contributed by atoms with Crippen LogP contribution in [0.2, 0.25) is 0 Å². The first kappa shape index (κ1) is 30.8. The number of carboxylic acids is 1. The molecule has 1 aliphatic rings. The molecule has 224 valence electrons. The van der Waals surface area contributed by atoms with Crippen LogP contribution in [0.1, 0.15) is 58.6 Å². The van der Waals surface area contributed by atoms with Gasteiger partial charge in [-0.1, -0.05) is 48.5 Å². The summed E-state index contributed by atoms with van der Waals surface area (Å²) >= 11 is 0. The zero-order valence-corrected chi connectivity index (χ0v) is 24.8. The van der Waals surface area contributed by atoms with Gasteiger partial charge in [0, 0.05) is 36.6 Å². The molecular weight excluding hydrogens is 536 g/mol. The number of nitrogens with two attached hydrogens (primary N) is 1. The van der Waals surface area contributed by atoms with E-state index >= 15 is 0 Å². The SMILES string of the molecule is CC(C)(C)OC(=O)C(C)(C)C(=O)N(N)C(Cc1c[nH]c2ccccc12)C(=O)N1CCC(C(=O)O)(c2ccccc2)CC1. The summed E-state index contributed by atoms with van der Waals surface area (Å²) < 4.78 is 5.48. The van der Waals surface area contributed by atoms with E-state index in [1.165, 1.54) is 13.8 Å². The fourth-order valence-electron chi connectivity index (χ4n) is 5.47. The van der Waals surface area contributed by atoms with Crippen molar-refractivity contribution in [1.82, 2.24) is 14.9 Å². The molecule has 1 atom stereocenters. The van der Waals surface area contributed by atoms with Crippen molar-refractivity contribution >= 4 is 34.7 Å². The number of aromatic amines is 1. The lowest BCUT2D eigenvalue weighted by molar-refractivity contribution is -0.174. The summed E-state index contributed by atoms with van der Waals surface area (Å²) in [6.45, 7) is 8.31. The Bertz CT molecular complexity index is 1460. The Morgan fingerprint density at radius 2 is 1.60 bits per heavy atom. The van der Waals surface area contributed by atoms with Crippen molar-refractivity contribution in [3.05, 3.63) is 71.9 Å². The number of carbonyl (C=O) groups is 4. The fraction of sp³-hybridized carbons (Fsp3) is 0.438. The van der Waals surface area contributed by atoms with Crippen molar-refractivity contribution in [3.63, 3.8) is 0 Å². The van der Waals surface area contributed by atoms with Crippen LogP contribution in [0.25, 0.3) is 10.9 Å². The number of likely N-dealkylation sites (tertiary alicyclic amines) is 1. The number of hydrogen-bond donors (Lipinski definition) is 3. The fourth-order valence-corrected chi connectivity index (χ4v) is 5.47. The maximum atomic E-state index is 14.1. The summed E-state index contributed by atoms with van der Waals surface area (Å²) in [4.78, 5) is 58.1. The number of aliphatic carboxylic acids is 1. The van der Waals surface area contributed by atoms with Crippen LogP contribution in [0.5, 0.6) is 0 Å². The van der Waals surface area contributed by atoms with Gasteiger partial charge in [-0.3, -0.25) is 24.2 Å². The van der Waals surface area contributed by atoms with E-state index < -0.39 is 46.2 Å². The lowest BCUT2D eigenvalue weighted by Crippen LogP contribution is -2.61. The molecule has 1 aromatic heterocycles. The molecule has 10 nitrogen and oxygen atoms in total. The molecule has 0 bridgehead atoms. The van der Waals surface area contributed by atoms with Crippen molar-refractivity contribution in [1.29, 1.82) is 0 Å². The van der Waals surface area contributed by atoms with Gasteiger partial charge >= 0.3 is 11.9 Å². The quantitative estimate of drug-likeness (QED) is 0.122. The first-order valence-electron chi connectivity index (χ1n) is 14.1. The molecule has 1 saturated heterocycles. The Balaban J connectivity index is 1.63. The van der Waals surface area contributed by atoms with Crippen LogP contribution in [-0.2, 0) is 35.8 Å². The molecule has 2 amide bonds. The molecule has 42 heavy (non-hydrogen) atoms. The number of nitrogens with one attached hydrogen (secondary N) is 1. The molecule has 2 aromatic carbocycles. The Morgan fingerprint density at radius 3 is 2.19 bits per heavy atom. The number of rotatable bonds is 8. The van der Waals surface area contributed by atoms with E-state index in [9.17, 15) is 24.3 Å². The molecule has 4 N–H and O–H groups in total. The van der Waals surface area contributed by atoms with E-state index in [4.69, 9.17) is 10.6 Å². The minimum Gasteiger partial charge on any atom is -0.481 e. The third-order valence-electron chi connectivity index (χ3n) is 8.05. The van der Waals surface area contributed by atoms with Gasteiger partial charge in [0.05, 0.1) is 5.41 Å². The standard InChI is InChI=1S/C32H40N4O6/c1-30(2,3)42-29(41)31(4,5)27(38)36(33)25(19-21-20-34-24-14-10-9-13-23(21)24)26(37)35-17-15-32(16-18-35,28(39)40)22-11-7-6-8-12-22/h6-14,20,25,34H,15-19,33H2,1-5H3,(H,39,40). The molecule has 3 aromatic rings. The number of benzene rings is 2. The maximum absolute atomic E-state index is 14.1. The number of hydrogen-bond acceptors (Lipinski definition) is 6. The van der Waals surface area contributed by atoms with Crippen molar-refractivity contribution in [2.24, 2.45) is 11.3 Å². The second-order valence-corrected chi connectivity index (χ2v) is 12.5. The number of esters is 1. The molecule has 0 saturated carbocycles. The Morgan fingerprint density at radius 1 is 1.00 bits per heavy atom. The van der Waals surface area contributed by atoms with Crippen molar-refractivity contribution in [3.8, 4) is 0 Å². The summed E-state index contributed by atoms with van der Waals surface area (Å²) in [6, 6.07) is 15.5. The van der Waals surface area contributed by atoms with Crippen LogP contribution in [-0.4, -0.2) is 68.5 Å². The number of carbonyl (C=O) groups excluding carboxylic acids is 3. The topological polar surface area (TPSA) is 146 Å². The summed E-state index contributed by atoms with van der Waals surface area (Å²) in [5.74, 6) is 3.58. The maximum Gasteiger partial charge on any atom is 0.321 e. The van der Waals surface area contributed by atoms with Gasteiger partial charge in [0.2, 0.25) is 5.91 Å². The van der Waals surface area contributed by atoms with Crippen molar-refractivity contribution in [2.45, 2.75) is 70.9 Å². The number of ether oxygens (including phenoxy) is 1. The van der Waals surface area contributed by atoms with Crippen molar-refractivity contribution < 1.29 is 29.0 Å². The smallest absolute Gasteiger partial charge is 0.321 e. The number of carboxylic acid groups (broad SMARTS) is 1. The summed E-state index contributed by atoms with van der Waals surface area (Å²) in [5.41, 5.74) is -1.26. The van der Waals surface area contributed by atoms with E-state index in [2.05, 4.69) is 4.98 Å². The number of amides is 2. The lowest BCUT2D eigenvalue weighted by atomic mass is 9.72. The molecular formula is C32H40N4O6. The zero-order chi connectivity index (χ0) is 30.9. The minimum atomic E-state index is -1.66. The molecule has 10 heteroatoms. The number of nitrogens with zero attached hydrogens (tertiary/aromatic N) is 2. The highest BCUT2D eigenvalue weighted by atomic mass is 16.6. The first-order chi connectivity index (χ1) is 19.7. The normalized spacial score (nSPS) is 16.1. The predicted octanol–water partition coefficient (Wildman–Crippen LogP) is 3.79. The highest BCUT2D eigenvalue weighted by Crippen LogP contribution is 2.36. The Labute approximate surface area is 245 Å². The minimum absolute atomic E-state index is 0.0920.